The summed E-state index contributed by atoms with van der Waals surface area (Å²) in [6.07, 6.45) is 0.751. The number of aliphatic carboxylic acids is 2. The fraction of sp³-hybridized carbons (Fsp3) is 0.176. The van der Waals surface area contributed by atoms with E-state index in [0.29, 0.717) is 6.42 Å². The molecule has 5 heteroatoms. The summed E-state index contributed by atoms with van der Waals surface area (Å²) in [5.74, 6) is -1.39. The maximum absolute atomic E-state index is 10.2. The van der Waals surface area contributed by atoms with Crippen molar-refractivity contribution in [1.82, 2.24) is 0 Å². The third kappa shape index (κ3) is 7.69. The third-order valence-electron chi connectivity index (χ3n) is 2.76. The number of rotatable bonds is 5. The molecule has 2 aromatic carbocycles. The molecule has 0 bridgehead atoms. The number of carboxylic acids is 2. The molecule has 5 nitrogen and oxygen atoms in total. The van der Waals surface area contributed by atoms with Crippen molar-refractivity contribution in [2.24, 2.45) is 0 Å². The van der Waals surface area contributed by atoms with Crippen molar-refractivity contribution in [1.29, 1.82) is 0 Å². The Morgan fingerprint density at radius 1 is 0.773 bits per heavy atom. The molecule has 0 unspecified atom stereocenters. The fourth-order valence-electron chi connectivity index (χ4n) is 1.68. The molecule has 0 heterocycles. The van der Waals surface area contributed by atoms with Gasteiger partial charge in [-0.15, -0.1) is 0 Å². The van der Waals surface area contributed by atoms with E-state index in [1.807, 2.05) is 18.2 Å². The number of phenolic OH excluding ortho intramolecular Hbond substituents is 1. The van der Waals surface area contributed by atoms with Gasteiger partial charge < -0.3 is 15.3 Å². The molecule has 0 aliphatic rings. The van der Waals surface area contributed by atoms with Crippen LogP contribution in [0.2, 0.25) is 0 Å². The lowest BCUT2D eigenvalue weighted by molar-refractivity contribution is -0.137. The smallest absolute Gasteiger partial charge is 0.307 e. The highest BCUT2D eigenvalue weighted by molar-refractivity contribution is 5.70. The molecule has 116 valence electrons. The van der Waals surface area contributed by atoms with Gasteiger partial charge in [0.2, 0.25) is 0 Å². The Kier molecular flexibility index (Phi) is 7.19. The van der Waals surface area contributed by atoms with Crippen LogP contribution in [0.3, 0.4) is 0 Å². The second kappa shape index (κ2) is 9.18. The Balaban J connectivity index is 0.000000224. The molecule has 0 radical (unpaired) electrons. The minimum atomic E-state index is -0.803. The van der Waals surface area contributed by atoms with Crippen molar-refractivity contribution < 1.29 is 24.9 Å². The third-order valence-corrected chi connectivity index (χ3v) is 2.76. The summed E-state index contributed by atoms with van der Waals surface area (Å²) in [7, 11) is 0. The number of carboxylic acid groups (broad SMARTS) is 2. The average Bonchev–Trinajstić information content (AvgIpc) is 2.48. The van der Waals surface area contributed by atoms with Gasteiger partial charge in [-0.2, -0.15) is 0 Å². The average molecular weight is 302 g/mol. The van der Waals surface area contributed by atoms with Crippen LogP contribution < -0.4 is 0 Å². The summed E-state index contributed by atoms with van der Waals surface area (Å²) in [4.78, 5) is 20.4. The molecular formula is C17H18O5. The second-order valence-corrected chi connectivity index (χ2v) is 4.62. The van der Waals surface area contributed by atoms with Crippen LogP contribution >= 0.6 is 0 Å². The maximum atomic E-state index is 10.2. The van der Waals surface area contributed by atoms with E-state index in [9.17, 15) is 9.59 Å². The summed E-state index contributed by atoms with van der Waals surface area (Å²) in [6.45, 7) is 0. The lowest BCUT2D eigenvalue weighted by atomic mass is 10.1. The van der Waals surface area contributed by atoms with E-state index < -0.39 is 11.9 Å². The van der Waals surface area contributed by atoms with Crippen LogP contribution in [0.1, 0.15) is 17.5 Å². The van der Waals surface area contributed by atoms with Crippen LogP contribution in [0.15, 0.2) is 54.6 Å². The summed E-state index contributed by atoms with van der Waals surface area (Å²) >= 11 is 0. The fourth-order valence-corrected chi connectivity index (χ4v) is 1.68. The van der Waals surface area contributed by atoms with E-state index in [-0.39, 0.29) is 18.6 Å². The van der Waals surface area contributed by atoms with E-state index in [4.69, 9.17) is 15.3 Å². The summed E-state index contributed by atoms with van der Waals surface area (Å²) in [5.41, 5.74) is 1.77. The van der Waals surface area contributed by atoms with E-state index in [1.54, 1.807) is 36.4 Å². The number of carbonyl (C=O) groups is 2. The van der Waals surface area contributed by atoms with E-state index in [0.717, 1.165) is 11.1 Å². The second-order valence-electron chi connectivity index (χ2n) is 4.62. The van der Waals surface area contributed by atoms with E-state index >= 15 is 0 Å². The molecule has 0 aliphatic carbocycles. The monoisotopic (exact) mass is 302 g/mol. The summed E-state index contributed by atoms with van der Waals surface area (Å²) in [6, 6.07) is 15.7. The molecule has 0 aromatic heterocycles. The minimum Gasteiger partial charge on any atom is -0.508 e. The van der Waals surface area contributed by atoms with Crippen molar-refractivity contribution in [2.45, 2.75) is 19.3 Å². The Hall–Kier alpha value is -2.82. The van der Waals surface area contributed by atoms with Gasteiger partial charge in [-0.25, -0.2) is 0 Å². The van der Waals surface area contributed by atoms with Crippen LogP contribution in [-0.4, -0.2) is 27.3 Å². The van der Waals surface area contributed by atoms with Gasteiger partial charge in [0.1, 0.15) is 5.75 Å². The first-order valence-corrected chi connectivity index (χ1v) is 6.73. The zero-order chi connectivity index (χ0) is 16.4. The number of benzene rings is 2. The molecular weight excluding hydrogens is 284 g/mol. The molecule has 2 rings (SSSR count). The summed E-state index contributed by atoms with van der Waals surface area (Å²) in [5, 5.41) is 25.7. The largest absolute Gasteiger partial charge is 0.508 e. The molecule has 0 spiro atoms. The molecule has 0 saturated carbocycles. The predicted octanol–water partition coefficient (Wildman–Crippen LogP) is 2.72. The molecule has 3 N–H and O–H groups in total. The van der Waals surface area contributed by atoms with Gasteiger partial charge in [0.25, 0.3) is 0 Å². The Morgan fingerprint density at radius 3 is 1.86 bits per heavy atom. The van der Waals surface area contributed by atoms with Crippen LogP contribution in [-0.2, 0) is 22.4 Å². The van der Waals surface area contributed by atoms with E-state index in [2.05, 4.69) is 0 Å². The zero-order valence-electron chi connectivity index (χ0n) is 12.0. The quantitative estimate of drug-likeness (QED) is 0.789. The van der Waals surface area contributed by atoms with E-state index in [1.165, 1.54) is 0 Å². The summed E-state index contributed by atoms with van der Waals surface area (Å²) < 4.78 is 0. The van der Waals surface area contributed by atoms with Crippen LogP contribution in [0, 0.1) is 0 Å². The number of hydrogen-bond donors (Lipinski definition) is 3. The molecule has 0 fully saturated rings. The van der Waals surface area contributed by atoms with Crippen LogP contribution in [0.25, 0.3) is 0 Å². The Bertz CT molecular complexity index is 590. The standard InChI is InChI=1S/C9H10O3.C8H8O2/c10-8-4-1-7(2-5-8)3-6-9(11)12;9-8(10)6-7-4-2-1-3-5-7/h1-2,4-5,10H,3,6H2,(H,11,12);1-5H,6H2,(H,9,10). The zero-order valence-corrected chi connectivity index (χ0v) is 12.0. The van der Waals surface area contributed by atoms with Crippen molar-refractivity contribution in [3.8, 4) is 5.75 Å². The number of aryl methyl sites for hydroxylation is 1. The molecule has 0 saturated heterocycles. The Labute approximate surface area is 128 Å². The first-order valence-electron chi connectivity index (χ1n) is 6.73. The molecule has 0 amide bonds. The number of phenols is 1. The highest BCUT2D eigenvalue weighted by atomic mass is 16.4. The van der Waals surface area contributed by atoms with Gasteiger partial charge in [0, 0.05) is 6.42 Å². The SMILES string of the molecule is O=C(O)CCc1ccc(O)cc1.O=C(O)Cc1ccccc1. The molecule has 0 atom stereocenters. The minimum absolute atomic E-state index is 0.112. The molecule has 0 aliphatic heterocycles. The van der Waals surface area contributed by atoms with Crippen molar-refractivity contribution in [3.05, 3.63) is 65.7 Å². The molecule has 2 aromatic rings. The Morgan fingerprint density at radius 2 is 1.36 bits per heavy atom. The first-order chi connectivity index (χ1) is 10.5. The highest BCUT2D eigenvalue weighted by Gasteiger charge is 1.98. The molecule has 22 heavy (non-hydrogen) atoms. The van der Waals surface area contributed by atoms with Gasteiger partial charge in [-0.3, -0.25) is 9.59 Å². The number of hydrogen-bond acceptors (Lipinski definition) is 3. The maximum Gasteiger partial charge on any atom is 0.307 e. The van der Waals surface area contributed by atoms with Crippen molar-refractivity contribution >= 4 is 11.9 Å². The van der Waals surface area contributed by atoms with Crippen molar-refractivity contribution in [2.75, 3.05) is 0 Å². The van der Waals surface area contributed by atoms with Gasteiger partial charge in [0.05, 0.1) is 6.42 Å². The van der Waals surface area contributed by atoms with Gasteiger partial charge in [-0.05, 0) is 29.7 Å². The van der Waals surface area contributed by atoms with Gasteiger partial charge in [0.15, 0.2) is 0 Å². The predicted molar refractivity (Wildman–Crippen MR) is 81.8 cm³/mol. The van der Waals surface area contributed by atoms with Crippen LogP contribution in [0.5, 0.6) is 5.75 Å². The topological polar surface area (TPSA) is 94.8 Å². The van der Waals surface area contributed by atoms with Gasteiger partial charge in [-0.1, -0.05) is 42.5 Å². The normalized spacial score (nSPS) is 9.45. The lowest BCUT2D eigenvalue weighted by Crippen LogP contribution is -1.98. The first kappa shape index (κ1) is 17.2. The van der Waals surface area contributed by atoms with Gasteiger partial charge >= 0.3 is 11.9 Å². The van der Waals surface area contributed by atoms with Crippen LogP contribution in [0.4, 0.5) is 0 Å². The number of aromatic hydroxyl groups is 1. The lowest BCUT2D eigenvalue weighted by Gasteiger charge is -1.97. The van der Waals surface area contributed by atoms with Crippen molar-refractivity contribution in [3.63, 3.8) is 0 Å². The highest BCUT2D eigenvalue weighted by Crippen LogP contribution is 2.10.